The van der Waals surface area contributed by atoms with Crippen molar-refractivity contribution in [3.8, 4) is 0 Å². The van der Waals surface area contributed by atoms with Gasteiger partial charge in [0.05, 0.1) is 23.7 Å². The Morgan fingerprint density at radius 2 is 1.83 bits per heavy atom. The summed E-state index contributed by atoms with van der Waals surface area (Å²) >= 11 is 0. The molecular weight excluding hydrogens is 397 g/mol. The van der Waals surface area contributed by atoms with Gasteiger partial charge in [-0.25, -0.2) is 17.1 Å². The molecule has 0 aliphatic carbocycles. The van der Waals surface area contributed by atoms with E-state index >= 15 is 0 Å². The Morgan fingerprint density at radius 1 is 1.14 bits per heavy atom. The van der Waals surface area contributed by atoms with E-state index in [1.54, 1.807) is 19.1 Å². The van der Waals surface area contributed by atoms with Gasteiger partial charge in [-0.05, 0) is 42.8 Å². The van der Waals surface area contributed by atoms with Gasteiger partial charge in [-0.2, -0.15) is 0 Å². The van der Waals surface area contributed by atoms with Gasteiger partial charge >= 0.3 is 0 Å². The Labute approximate surface area is 170 Å². The van der Waals surface area contributed by atoms with Crippen LogP contribution in [0.25, 0.3) is 0 Å². The molecule has 1 amide bonds. The van der Waals surface area contributed by atoms with E-state index in [1.165, 1.54) is 38.4 Å². The van der Waals surface area contributed by atoms with E-state index in [0.29, 0.717) is 43.2 Å². The second-order valence-corrected chi connectivity index (χ2v) is 9.13. The lowest BCUT2D eigenvalue weighted by atomic mass is 10.1. The van der Waals surface area contributed by atoms with Crippen LogP contribution in [0.2, 0.25) is 0 Å². The average molecular weight is 421 g/mol. The van der Waals surface area contributed by atoms with Gasteiger partial charge in [0.2, 0.25) is 10.0 Å². The summed E-state index contributed by atoms with van der Waals surface area (Å²) in [4.78, 5) is 15.1. The van der Waals surface area contributed by atoms with Crippen LogP contribution in [0.15, 0.2) is 41.3 Å². The first-order valence-corrected chi connectivity index (χ1v) is 10.6. The molecule has 0 saturated carbocycles. The quantitative estimate of drug-likeness (QED) is 0.803. The maximum atomic E-state index is 13.6. The Bertz CT molecular complexity index is 1020. The molecular formula is C20H24FN3O4S. The largest absolute Gasteiger partial charge is 0.378 e. The molecule has 0 radical (unpaired) electrons. The number of benzene rings is 2. The smallest absolute Gasteiger partial charge is 0.257 e. The molecule has 1 saturated heterocycles. The highest BCUT2D eigenvalue weighted by atomic mass is 32.2. The predicted octanol–water partition coefficient (Wildman–Crippen LogP) is 2.47. The molecule has 0 unspecified atom stereocenters. The maximum absolute atomic E-state index is 13.6. The normalized spacial score (nSPS) is 14.9. The molecule has 1 heterocycles. The van der Waals surface area contributed by atoms with Gasteiger partial charge in [0.1, 0.15) is 5.82 Å². The van der Waals surface area contributed by atoms with Crippen LogP contribution < -0.4 is 10.2 Å². The van der Waals surface area contributed by atoms with Crippen molar-refractivity contribution in [1.82, 2.24) is 4.31 Å². The lowest BCUT2D eigenvalue weighted by Crippen LogP contribution is -2.37. The molecule has 0 spiro atoms. The number of rotatable bonds is 5. The van der Waals surface area contributed by atoms with Gasteiger partial charge < -0.3 is 15.0 Å². The van der Waals surface area contributed by atoms with Crippen LogP contribution in [0.3, 0.4) is 0 Å². The molecule has 1 aliphatic heterocycles. The lowest BCUT2D eigenvalue weighted by Gasteiger charge is -2.30. The highest BCUT2D eigenvalue weighted by Gasteiger charge is 2.24. The molecule has 0 aromatic heterocycles. The zero-order valence-corrected chi connectivity index (χ0v) is 17.4. The number of hydrogen-bond acceptors (Lipinski definition) is 5. The number of morpholine rings is 1. The monoisotopic (exact) mass is 421 g/mol. The van der Waals surface area contributed by atoms with E-state index in [1.807, 2.05) is 4.90 Å². The van der Waals surface area contributed by atoms with E-state index in [2.05, 4.69) is 5.32 Å². The van der Waals surface area contributed by atoms with Crippen molar-refractivity contribution in [2.24, 2.45) is 0 Å². The summed E-state index contributed by atoms with van der Waals surface area (Å²) in [5.74, 6) is -0.973. The van der Waals surface area contributed by atoms with Gasteiger partial charge in [-0.1, -0.05) is 6.07 Å². The van der Waals surface area contributed by atoms with Crippen LogP contribution >= 0.6 is 0 Å². The van der Waals surface area contributed by atoms with Crippen LogP contribution in [0.4, 0.5) is 15.8 Å². The maximum Gasteiger partial charge on any atom is 0.257 e. The summed E-state index contributed by atoms with van der Waals surface area (Å²) in [6.45, 7) is 3.95. The topological polar surface area (TPSA) is 79.0 Å². The third-order valence-corrected chi connectivity index (χ3v) is 6.60. The fraction of sp³-hybridized carbons (Fsp3) is 0.350. The van der Waals surface area contributed by atoms with Crippen molar-refractivity contribution >= 4 is 27.3 Å². The molecule has 0 atom stereocenters. The van der Waals surface area contributed by atoms with Crippen molar-refractivity contribution in [1.29, 1.82) is 0 Å². The van der Waals surface area contributed by atoms with Crippen LogP contribution in [0.5, 0.6) is 0 Å². The minimum atomic E-state index is -3.72. The van der Waals surface area contributed by atoms with Crippen LogP contribution in [-0.2, 0) is 14.8 Å². The zero-order chi connectivity index (χ0) is 21.2. The van der Waals surface area contributed by atoms with E-state index in [9.17, 15) is 17.6 Å². The number of aryl methyl sites for hydroxylation is 1. The standard InChI is InChI=1S/C20H24FN3O4S/c1-14-4-5-15(21)12-18(14)22-20(25)17-13-16(29(26,27)23(2)3)6-7-19(17)24-8-10-28-11-9-24/h4-7,12-13H,8-11H2,1-3H3,(H,22,25). The van der Waals surface area contributed by atoms with Gasteiger partial charge in [0, 0.05) is 38.6 Å². The van der Waals surface area contributed by atoms with Crippen LogP contribution in [0, 0.1) is 12.7 Å². The Balaban J connectivity index is 2.04. The van der Waals surface area contributed by atoms with Gasteiger partial charge in [-0.3, -0.25) is 4.79 Å². The first kappa shape index (κ1) is 21.2. The van der Waals surface area contributed by atoms with E-state index in [4.69, 9.17) is 4.74 Å². The molecule has 2 aromatic carbocycles. The minimum absolute atomic E-state index is 0.0145. The third-order valence-electron chi connectivity index (χ3n) is 4.79. The van der Waals surface area contributed by atoms with Crippen LogP contribution in [-0.4, -0.2) is 59.0 Å². The summed E-state index contributed by atoms with van der Waals surface area (Å²) in [6, 6.07) is 8.61. The van der Waals surface area contributed by atoms with Crippen molar-refractivity contribution < 1.29 is 22.3 Å². The van der Waals surface area contributed by atoms with Crippen molar-refractivity contribution in [2.45, 2.75) is 11.8 Å². The number of ether oxygens (including phenoxy) is 1. The summed E-state index contributed by atoms with van der Waals surface area (Å²) in [5.41, 5.74) is 1.85. The molecule has 156 valence electrons. The number of anilines is 2. The Morgan fingerprint density at radius 3 is 2.48 bits per heavy atom. The summed E-state index contributed by atoms with van der Waals surface area (Å²) in [6.07, 6.45) is 0. The fourth-order valence-electron chi connectivity index (χ4n) is 3.07. The van der Waals surface area contributed by atoms with E-state index in [-0.39, 0.29) is 10.5 Å². The number of carbonyl (C=O) groups excluding carboxylic acids is 1. The summed E-state index contributed by atoms with van der Waals surface area (Å²) in [5, 5.41) is 2.71. The van der Waals surface area contributed by atoms with Crippen LogP contribution in [0.1, 0.15) is 15.9 Å². The molecule has 29 heavy (non-hydrogen) atoms. The molecule has 9 heteroatoms. The fourth-order valence-corrected chi connectivity index (χ4v) is 4.00. The summed E-state index contributed by atoms with van der Waals surface area (Å²) in [7, 11) is -0.855. The minimum Gasteiger partial charge on any atom is -0.378 e. The first-order valence-electron chi connectivity index (χ1n) is 9.17. The highest BCUT2D eigenvalue weighted by Crippen LogP contribution is 2.28. The molecule has 3 rings (SSSR count). The number of halogens is 1. The number of sulfonamides is 1. The SMILES string of the molecule is Cc1ccc(F)cc1NC(=O)c1cc(S(=O)(=O)N(C)C)ccc1N1CCOCC1. The second-order valence-electron chi connectivity index (χ2n) is 6.98. The van der Waals surface area contributed by atoms with Crippen molar-refractivity contribution in [3.63, 3.8) is 0 Å². The number of amides is 1. The summed E-state index contributed by atoms with van der Waals surface area (Å²) < 4.78 is 45.2. The molecule has 1 fully saturated rings. The number of carbonyl (C=O) groups is 1. The average Bonchev–Trinajstić information content (AvgIpc) is 2.70. The molecule has 1 aliphatic rings. The van der Waals surface area contributed by atoms with Gasteiger partial charge in [0.25, 0.3) is 5.91 Å². The van der Waals surface area contributed by atoms with Gasteiger partial charge in [-0.15, -0.1) is 0 Å². The Kier molecular flexibility index (Phi) is 6.21. The van der Waals surface area contributed by atoms with Crippen molar-refractivity contribution in [3.05, 3.63) is 53.3 Å². The zero-order valence-electron chi connectivity index (χ0n) is 16.6. The molecule has 2 aromatic rings. The number of hydrogen-bond donors (Lipinski definition) is 1. The molecule has 1 N–H and O–H groups in total. The Hall–Kier alpha value is -2.49. The number of nitrogens with zero attached hydrogens (tertiary/aromatic N) is 2. The van der Waals surface area contributed by atoms with Gasteiger partial charge in [0.15, 0.2) is 0 Å². The third kappa shape index (κ3) is 4.58. The molecule has 0 bridgehead atoms. The van der Waals surface area contributed by atoms with E-state index < -0.39 is 21.7 Å². The first-order chi connectivity index (χ1) is 13.7. The number of nitrogens with one attached hydrogen (secondary N) is 1. The lowest BCUT2D eigenvalue weighted by molar-refractivity contribution is 0.102. The predicted molar refractivity (Wildman–Crippen MR) is 109 cm³/mol. The highest BCUT2D eigenvalue weighted by molar-refractivity contribution is 7.89. The van der Waals surface area contributed by atoms with Crippen molar-refractivity contribution in [2.75, 3.05) is 50.6 Å². The van der Waals surface area contributed by atoms with E-state index in [0.717, 1.165) is 4.31 Å². The molecule has 7 nitrogen and oxygen atoms in total. The second kappa shape index (κ2) is 8.48.